The molecular weight excluding hydrogens is 394 g/mol. The lowest BCUT2D eigenvalue weighted by atomic mass is 10.1. The molecule has 0 aliphatic carbocycles. The summed E-state index contributed by atoms with van der Waals surface area (Å²) in [4.78, 5) is 35.6. The highest BCUT2D eigenvalue weighted by molar-refractivity contribution is 9.11. The van der Waals surface area contributed by atoms with Crippen LogP contribution in [-0.2, 0) is 16.0 Å². The fourth-order valence-corrected chi connectivity index (χ4v) is 3.13. The van der Waals surface area contributed by atoms with Gasteiger partial charge in [-0.05, 0) is 33.6 Å². The molecule has 0 unspecified atom stereocenters. The van der Waals surface area contributed by atoms with Crippen LogP contribution in [-0.4, -0.2) is 24.3 Å². The molecule has 2 aromatic rings. The molecule has 1 aromatic heterocycles. The number of nitrogens with one attached hydrogen (secondary N) is 3. The summed E-state index contributed by atoms with van der Waals surface area (Å²) in [6, 6.07) is 12.8. The lowest BCUT2D eigenvalue weighted by Gasteiger charge is -2.07. The molecule has 0 saturated carbocycles. The van der Waals surface area contributed by atoms with E-state index in [1.54, 1.807) is 12.1 Å². The summed E-state index contributed by atoms with van der Waals surface area (Å²) >= 11 is 4.53. The summed E-state index contributed by atoms with van der Waals surface area (Å²) < 4.78 is 0.833. The average Bonchev–Trinajstić information content (AvgIpc) is 3.00. The number of carbonyl (C=O) groups excluding carboxylic acids is 3. The molecule has 0 saturated heterocycles. The summed E-state index contributed by atoms with van der Waals surface area (Å²) in [5.41, 5.74) is 5.55. The van der Waals surface area contributed by atoms with Crippen LogP contribution in [0.3, 0.4) is 0 Å². The lowest BCUT2D eigenvalue weighted by Crippen LogP contribution is -2.42. The van der Waals surface area contributed by atoms with Gasteiger partial charge in [0.25, 0.3) is 5.91 Å². The SMILES string of the molecule is O=C(Cc1ccccc1)NCCC(=O)NNC(=O)c1ccc(Br)s1. The summed E-state index contributed by atoms with van der Waals surface area (Å²) in [7, 11) is 0. The Morgan fingerprint density at radius 2 is 1.71 bits per heavy atom. The van der Waals surface area contributed by atoms with E-state index in [1.165, 1.54) is 11.3 Å². The van der Waals surface area contributed by atoms with E-state index in [0.29, 0.717) is 4.88 Å². The predicted octanol–water partition coefficient (Wildman–Crippen LogP) is 2.02. The number of halogens is 1. The number of thiophene rings is 1. The second-order valence-electron chi connectivity index (χ2n) is 4.87. The minimum atomic E-state index is -0.382. The summed E-state index contributed by atoms with van der Waals surface area (Å²) in [6.07, 6.45) is 0.349. The zero-order chi connectivity index (χ0) is 17.4. The van der Waals surface area contributed by atoms with Crippen LogP contribution in [0.25, 0.3) is 0 Å². The number of hydrazine groups is 1. The fourth-order valence-electron chi connectivity index (χ4n) is 1.85. The Kier molecular flexibility index (Phi) is 6.95. The quantitative estimate of drug-likeness (QED) is 0.637. The summed E-state index contributed by atoms with van der Waals surface area (Å²) in [5.74, 6) is -0.910. The zero-order valence-corrected chi connectivity index (χ0v) is 15.1. The predicted molar refractivity (Wildman–Crippen MR) is 95.4 cm³/mol. The summed E-state index contributed by atoms with van der Waals surface area (Å²) in [6.45, 7) is 0.206. The number of carbonyl (C=O) groups is 3. The van der Waals surface area contributed by atoms with Gasteiger partial charge in [-0.3, -0.25) is 25.2 Å². The van der Waals surface area contributed by atoms with E-state index >= 15 is 0 Å². The van der Waals surface area contributed by atoms with Crippen molar-refractivity contribution in [2.45, 2.75) is 12.8 Å². The van der Waals surface area contributed by atoms with Gasteiger partial charge in [0, 0.05) is 13.0 Å². The Labute approximate surface area is 151 Å². The minimum absolute atomic E-state index is 0.0783. The highest BCUT2D eigenvalue weighted by Crippen LogP contribution is 2.21. The molecule has 0 bridgehead atoms. The number of rotatable bonds is 6. The van der Waals surface area contributed by atoms with Crippen molar-refractivity contribution in [3.63, 3.8) is 0 Å². The smallest absolute Gasteiger partial charge is 0.279 e. The Hall–Kier alpha value is -2.19. The van der Waals surface area contributed by atoms with Crippen molar-refractivity contribution in [1.29, 1.82) is 0 Å². The van der Waals surface area contributed by atoms with Crippen LogP contribution in [0.1, 0.15) is 21.7 Å². The van der Waals surface area contributed by atoms with Gasteiger partial charge in [-0.2, -0.15) is 0 Å². The van der Waals surface area contributed by atoms with Crippen LogP contribution >= 0.6 is 27.3 Å². The normalized spacial score (nSPS) is 10.0. The van der Waals surface area contributed by atoms with Gasteiger partial charge < -0.3 is 5.32 Å². The molecule has 0 atom stereocenters. The van der Waals surface area contributed by atoms with Crippen molar-refractivity contribution in [2.75, 3.05) is 6.54 Å². The number of hydrogen-bond donors (Lipinski definition) is 3. The van der Waals surface area contributed by atoms with Crippen LogP contribution in [0, 0.1) is 0 Å². The van der Waals surface area contributed by atoms with Gasteiger partial charge in [0.1, 0.15) is 0 Å². The first-order chi connectivity index (χ1) is 11.5. The molecule has 0 fully saturated rings. The molecular formula is C16H16BrN3O3S. The van der Waals surface area contributed by atoms with Gasteiger partial charge in [0.15, 0.2) is 0 Å². The average molecular weight is 410 g/mol. The molecule has 1 heterocycles. The molecule has 3 N–H and O–H groups in total. The molecule has 3 amide bonds. The van der Waals surface area contributed by atoms with Gasteiger partial charge in [-0.25, -0.2) is 0 Å². The van der Waals surface area contributed by atoms with Gasteiger partial charge in [0.2, 0.25) is 11.8 Å². The number of hydrogen-bond acceptors (Lipinski definition) is 4. The molecule has 0 aliphatic heterocycles. The highest BCUT2D eigenvalue weighted by Gasteiger charge is 2.10. The largest absolute Gasteiger partial charge is 0.355 e. The molecule has 0 aliphatic rings. The van der Waals surface area contributed by atoms with E-state index < -0.39 is 0 Å². The van der Waals surface area contributed by atoms with Gasteiger partial charge in [-0.15, -0.1) is 11.3 Å². The van der Waals surface area contributed by atoms with Gasteiger partial charge >= 0.3 is 0 Å². The Morgan fingerprint density at radius 1 is 0.958 bits per heavy atom. The number of amides is 3. The van der Waals surface area contributed by atoms with Crippen molar-refractivity contribution >= 4 is 45.0 Å². The van der Waals surface area contributed by atoms with Crippen molar-refractivity contribution in [3.05, 3.63) is 56.7 Å². The molecule has 126 valence electrons. The first-order valence-electron chi connectivity index (χ1n) is 7.20. The number of benzene rings is 1. The van der Waals surface area contributed by atoms with Crippen molar-refractivity contribution in [2.24, 2.45) is 0 Å². The molecule has 8 heteroatoms. The molecule has 24 heavy (non-hydrogen) atoms. The van der Waals surface area contributed by atoms with E-state index in [1.807, 2.05) is 30.3 Å². The third-order valence-electron chi connectivity index (χ3n) is 2.99. The Bertz CT molecular complexity index is 718. The van der Waals surface area contributed by atoms with Crippen LogP contribution < -0.4 is 16.2 Å². The van der Waals surface area contributed by atoms with Crippen LogP contribution in [0.4, 0.5) is 0 Å². The van der Waals surface area contributed by atoms with Gasteiger partial charge in [0.05, 0.1) is 15.1 Å². The van der Waals surface area contributed by atoms with Gasteiger partial charge in [-0.1, -0.05) is 30.3 Å². The molecule has 1 aromatic carbocycles. The second kappa shape index (κ2) is 9.19. The van der Waals surface area contributed by atoms with Crippen molar-refractivity contribution in [1.82, 2.24) is 16.2 Å². The maximum Gasteiger partial charge on any atom is 0.279 e. The van der Waals surface area contributed by atoms with E-state index in [2.05, 4.69) is 32.1 Å². The third-order valence-corrected chi connectivity index (χ3v) is 4.62. The first-order valence-corrected chi connectivity index (χ1v) is 8.80. The topological polar surface area (TPSA) is 87.3 Å². The molecule has 2 rings (SSSR count). The maximum atomic E-state index is 11.7. The van der Waals surface area contributed by atoms with Crippen molar-refractivity contribution < 1.29 is 14.4 Å². The molecule has 0 spiro atoms. The minimum Gasteiger partial charge on any atom is -0.355 e. The highest BCUT2D eigenvalue weighted by atomic mass is 79.9. The standard InChI is InChI=1S/C16H16BrN3O3S/c17-13-7-6-12(24-13)16(23)20-19-14(21)8-9-18-15(22)10-11-4-2-1-3-5-11/h1-7H,8-10H2,(H,18,22)(H,19,21)(H,20,23). The Balaban J connectivity index is 1.62. The lowest BCUT2D eigenvalue weighted by molar-refractivity contribution is -0.122. The van der Waals surface area contributed by atoms with E-state index in [-0.39, 0.29) is 37.1 Å². The molecule has 0 radical (unpaired) electrons. The molecule has 6 nitrogen and oxygen atoms in total. The van der Waals surface area contributed by atoms with Crippen LogP contribution in [0.5, 0.6) is 0 Å². The second-order valence-corrected chi connectivity index (χ2v) is 7.33. The first kappa shape index (κ1) is 18.2. The maximum absolute atomic E-state index is 11.7. The van der Waals surface area contributed by atoms with E-state index in [0.717, 1.165) is 9.35 Å². The zero-order valence-electron chi connectivity index (χ0n) is 12.7. The third kappa shape index (κ3) is 6.13. The van der Waals surface area contributed by atoms with E-state index in [4.69, 9.17) is 0 Å². The fraction of sp³-hybridized carbons (Fsp3) is 0.188. The monoisotopic (exact) mass is 409 g/mol. The Morgan fingerprint density at radius 3 is 2.38 bits per heavy atom. The van der Waals surface area contributed by atoms with Crippen LogP contribution in [0.15, 0.2) is 46.3 Å². The summed E-state index contributed by atoms with van der Waals surface area (Å²) in [5, 5.41) is 2.67. The van der Waals surface area contributed by atoms with E-state index in [9.17, 15) is 14.4 Å². The van der Waals surface area contributed by atoms with Crippen molar-refractivity contribution in [3.8, 4) is 0 Å². The van der Waals surface area contributed by atoms with Crippen LogP contribution in [0.2, 0.25) is 0 Å².